The van der Waals surface area contributed by atoms with Gasteiger partial charge in [-0.1, -0.05) is 54.1 Å². The van der Waals surface area contributed by atoms with Gasteiger partial charge in [-0.05, 0) is 52.5 Å². The lowest BCUT2D eigenvalue weighted by atomic mass is 10.1. The number of hydrogen-bond acceptors (Lipinski definition) is 3. The lowest BCUT2D eigenvalue weighted by Gasteiger charge is -2.33. The van der Waals surface area contributed by atoms with Crippen LogP contribution in [-0.4, -0.2) is 42.3 Å². The van der Waals surface area contributed by atoms with Crippen LogP contribution in [0.25, 0.3) is 6.08 Å². The molecular weight excluding hydrogens is 386 g/mol. The van der Waals surface area contributed by atoms with Crippen LogP contribution in [0.15, 0.2) is 58.1 Å². The van der Waals surface area contributed by atoms with E-state index in [9.17, 15) is 0 Å². The Morgan fingerprint density at radius 1 is 1.04 bits per heavy atom. The van der Waals surface area contributed by atoms with Gasteiger partial charge in [-0.3, -0.25) is 9.91 Å². The second-order valence-electron chi connectivity index (χ2n) is 6.84. The van der Waals surface area contributed by atoms with Crippen molar-refractivity contribution in [2.75, 3.05) is 26.2 Å². The van der Waals surface area contributed by atoms with Crippen LogP contribution in [0.2, 0.25) is 0 Å². The molecule has 2 aromatic carbocycles. The van der Waals surface area contributed by atoms with Crippen LogP contribution < -0.4 is 0 Å². The molecule has 2 aromatic rings. The highest BCUT2D eigenvalue weighted by Crippen LogP contribution is 2.15. The monoisotopic (exact) mass is 411 g/mol. The van der Waals surface area contributed by atoms with Crippen molar-refractivity contribution in [1.82, 2.24) is 9.91 Å². The van der Waals surface area contributed by atoms with Crippen LogP contribution in [0.3, 0.4) is 0 Å². The number of benzene rings is 2. The van der Waals surface area contributed by atoms with Crippen molar-refractivity contribution >= 4 is 28.2 Å². The smallest absolute Gasteiger partial charge is 0.0612 e. The first-order valence-electron chi connectivity index (χ1n) is 9.10. The van der Waals surface area contributed by atoms with E-state index >= 15 is 0 Å². The van der Waals surface area contributed by atoms with Crippen molar-refractivity contribution in [2.24, 2.45) is 5.10 Å². The molecule has 0 aromatic heterocycles. The van der Waals surface area contributed by atoms with Gasteiger partial charge in [-0.15, -0.1) is 0 Å². The number of aryl methyl sites for hydroxylation is 2. The number of nitrogens with zero attached hydrogens (tertiary/aromatic N) is 3. The molecule has 1 heterocycles. The van der Waals surface area contributed by atoms with Crippen LogP contribution in [0.1, 0.15) is 22.3 Å². The molecular formula is C22H26BrN3. The Kier molecular flexibility index (Phi) is 6.64. The maximum Gasteiger partial charge on any atom is 0.0612 e. The molecule has 0 aliphatic carbocycles. The van der Waals surface area contributed by atoms with Crippen LogP contribution in [-0.2, 0) is 6.54 Å². The van der Waals surface area contributed by atoms with Gasteiger partial charge in [0.05, 0.1) is 6.21 Å². The van der Waals surface area contributed by atoms with Crippen molar-refractivity contribution in [3.05, 3.63) is 75.3 Å². The Morgan fingerprint density at radius 3 is 2.46 bits per heavy atom. The van der Waals surface area contributed by atoms with E-state index in [1.807, 2.05) is 24.4 Å². The minimum absolute atomic E-state index is 0.965. The second kappa shape index (κ2) is 9.15. The molecule has 0 bridgehead atoms. The molecule has 0 N–H and O–H groups in total. The van der Waals surface area contributed by atoms with Gasteiger partial charge in [0.1, 0.15) is 0 Å². The van der Waals surface area contributed by atoms with E-state index in [1.54, 1.807) is 0 Å². The number of hydrogen-bond donors (Lipinski definition) is 0. The molecule has 26 heavy (non-hydrogen) atoms. The Hall–Kier alpha value is -1.91. The molecule has 0 spiro atoms. The fourth-order valence-electron chi connectivity index (χ4n) is 3.16. The van der Waals surface area contributed by atoms with Gasteiger partial charge in [0.25, 0.3) is 0 Å². The molecule has 1 aliphatic rings. The van der Waals surface area contributed by atoms with E-state index in [0.717, 1.165) is 37.2 Å². The van der Waals surface area contributed by atoms with Crippen LogP contribution in [0, 0.1) is 13.8 Å². The third-order valence-corrected chi connectivity index (χ3v) is 5.12. The van der Waals surface area contributed by atoms with Gasteiger partial charge < -0.3 is 0 Å². The average molecular weight is 412 g/mol. The molecule has 0 unspecified atom stereocenters. The molecule has 3 rings (SSSR count). The third kappa shape index (κ3) is 5.55. The highest BCUT2D eigenvalue weighted by atomic mass is 79.9. The summed E-state index contributed by atoms with van der Waals surface area (Å²) in [6.07, 6.45) is 3.98. The highest BCUT2D eigenvalue weighted by Gasteiger charge is 2.16. The summed E-state index contributed by atoms with van der Waals surface area (Å²) in [6, 6.07) is 17.0. The number of allylic oxidation sites excluding steroid dienone is 1. The lowest BCUT2D eigenvalue weighted by Crippen LogP contribution is -2.43. The first kappa shape index (κ1) is 18.9. The van der Waals surface area contributed by atoms with Crippen LogP contribution in [0.5, 0.6) is 0 Å². The molecule has 1 fully saturated rings. The van der Waals surface area contributed by atoms with Gasteiger partial charge >= 0.3 is 0 Å². The lowest BCUT2D eigenvalue weighted by molar-refractivity contribution is 0.131. The Morgan fingerprint density at radius 2 is 1.77 bits per heavy atom. The van der Waals surface area contributed by atoms with Crippen molar-refractivity contribution in [3.8, 4) is 0 Å². The minimum Gasteiger partial charge on any atom is -0.295 e. The van der Waals surface area contributed by atoms with E-state index < -0.39 is 0 Å². The maximum absolute atomic E-state index is 4.62. The number of halogens is 1. The summed E-state index contributed by atoms with van der Waals surface area (Å²) in [7, 11) is 0. The van der Waals surface area contributed by atoms with E-state index in [0.29, 0.717) is 0 Å². The predicted octanol–water partition coefficient (Wildman–Crippen LogP) is 4.84. The van der Waals surface area contributed by atoms with Crippen molar-refractivity contribution in [1.29, 1.82) is 0 Å². The van der Waals surface area contributed by atoms with Gasteiger partial charge in [-0.2, -0.15) is 5.10 Å². The predicted molar refractivity (Wildman–Crippen MR) is 115 cm³/mol. The van der Waals surface area contributed by atoms with Gasteiger partial charge in [0.2, 0.25) is 0 Å². The Labute approximate surface area is 165 Å². The summed E-state index contributed by atoms with van der Waals surface area (Å²) >= 11 is 3.59. The SMILES string of the molecule is Cc1ccc(CN2CCN(N=CC(Br)=Cc3ccccc3)CC2)c(C)c1. The molecule has 136 valence electrons. The summed E-state index contributed by atoms with van der Waals surface area (Å²) in [6.45, 7) is 9.41. The summed E-state index contributed by atoms with van der Waals surface area (Å²) in [4.78, 5) is 2.51. The molecule has 0 atom stereocenters. The first-order valence-corrected chi connectivity index (χ1v) is 9.89. The van der Waals surface area contributed by atoms with Gasteiger partial charge in [0.15, 0.2) is 0 Å². The zero-order valence-corrected chi connectivity index (χ0v) is 17.1. The van der Waals surface area contributed by atoms with Crippen molar-refractivity contribution in [3.63, 3.8) is 0 Å². The van der Waals surface area contributed by atoms with E-state index in [-0.39, 0.29) is 0 Å². The summed E-state index contributed by atoms with van der Waals surface area (Å²) in [5.41, 5.74) is 5.32. The van der Waals surface area contributed by atoms with E-state index in [1.165, 1.54) is 22.3 Å². The van der Waals surface area contributed by atoms with E-state index in [4.69, 9.17) is 0 Å². The third-order valence-electron chi connectivity index (χ3n) is 4.69. The molecule has 0 radical (unpaired) electrons. The molecule has 4 heteroatoms. The zero-order valence-electron chi connectivity index (χ0n) is 15.5. The standard InChI is InChI=1S/C22H26BrN3/c1-18-8-9-21(19(2)14-18)17-25-10-12-26(13-11-25)24-16-22(23)15-20-6-4-3-5-7-20/h3-9,14-16H,10-13,17H2,1-2H3. The van der Waals surface area contributed by atoms with E-state index in [2.05, 4.69) is 81.2 Å². The summed E-state index contributed by atoms with van der Waals surface area (Å²) < 4.78 is 0.987. The quantitative estimate of drug-likeness (QED) is 0.655. The summed E-state index contributed by atoms with van der Waals surface area (Å²) in [5, 5.41) is 6.77. The molecule has 1 saturated heterocycles. The Bertz CT molecular complexity index is 775. The first-order chi connectivity index (χ1) is 12.6. The molecule has 3 nitrogen and oxygen atoms in total. The number of piperazine rings is 1. The zero-order chi connectivity index (χ0) is 18.4. The fraction of sp³-hybridized carbons (Fsp3) is 0.318. The van der Waals surface area contributed by atoms with Crippen LogP contribution in [0.4, 0.5) is 0 Å². The van der Waals surface area contributed by atoms with Gasteiger partial charge in [-0.25, -0.2) is 0 Å². The molecule has 1 aliphatic heterocycles. The normalized spacial score (nSPS) is 16.4. The largest absolute Gasteiger partial charge is 0.295 e. The highest BCUT2D eigenvalue weighted by molar-refractivity contribution is 9.12. The summed E-state index contributed by atoms with van der Waals surface area (Å²) in [5.74, 6) is 0. The Balaban J connectivity index is 1.50. The minimum atomic E-state index is 0.965. The topological polar surface area (TPSA) is 18.8 Å². The fourth-order valence-corrected chi connectivity index (χ4v) is 3.51. The van der Waals surface area contributed by atoms with Crippen molar-refractivity contribution < 1.29 is 0 Å². The second-order valence-corrected chi connectivity index (χ2v) is 7.76. The number of hydrazone groups is 1. The number of rotatable bonds is 5. The van der Waals surface area contributed by atoms with Crippen LogP contribution >= 0.6 is 15.9 Å². The molecule has 0 amide bonds. The maximum atomic E-state index is 4.62. The molecule has 0 saturated carbocycles. The van der Waals surface area contributed by atoms with Crippen molar-refractivity contribution in [2.45, 2.75) is 20.4 Å². The van der Waals surface area contributed by atoms with Gasteiger partial charge in [0, 0.05) is 37.2 Å². The average Bonchev–Trinajstić information content (AvgIpc) is 2.64.